The molecule has 0 aliphatic carbocycles. The lowest BCUT2D eigenvalue weighted by Gasteiger charge is -2.19. The highest BCUT2D eigenvalue weighted by molar-refractivity contribution is 5.86. The Labute approximate surface area is 243 Å². The molecule has 0 heterocycles. The molecular formula is C26H43N5O11. The number of nitrogens with one attached hydrogen (secondary N) is 5. The minimum absolute atomic E-state index is 0.0220. The summed E-state index contributed by atoms with van der Waals surface area (Å²) in [5, 5.41) is 40.1. The quantitative estimate of drug-likeness (QED) is 0.0650. The molecule has 0 bridgehead atoms. The Morgan fingerprint density at radius 3 is 1.62 bits per heavy atom. The molecule has 238 valence electrons. The Morgan fingerprint density at radius 2 is 1.14 bits per heavy atom. The molecule has 16 heteroatoms. The van der Waals surface area contributed by atoms with Gasteiger partial charge in [-0.05, 0) is 52.5 Å². The fraction of sp³-hybridized carbons (Fsp3) is 0.692. The van der Waals surface area contributed by atoms with Crippen LogP contribution in [-0.4, -0.2) is 100 Å². The molecule has 16 nitrogen and oxygen atoms in total. The van der Waals surface area contributed by atoms with Gasteiger partial charge in [0, 0.05) is 38.8 Å². The van der Waals surface area contributed by atoms with Gasteiger partial charge in [0.15, 0.2) is 0 Å². The zero-order valence-electron chi connectivity index (χ0n) is 24.2. The van der Waals surface area contributed by atoms with E-state index in [1.54, 1.807) is 7.05 Å². The van der Waals surface area contributed by atoms with Crippen LogP contribution in [0.15, 0.2) is 0 Å². The van der Waals surface area contributed by atoms with E-state index in [1.807, 2.05) is 0 Å². The van der Waals surface area contributed by atoms with Gasteiger partial charge in [0.25, 0.3) is 0 Å². The van der Waals surface area contributed by atoms with Crippen LogP contribution in [0.25, 0.3) is 0 Å². The van der Waals surface area contributed by atoms with E-state index >= 15 is 0 Å². The minimum atomic E-state index is -1.48. The third-order valence-electron chi connectivity index (χ3n) is 6.22. The molecule has 42 heavy (non-hydrogen) atoms. The van der Waals surface area contributed by atoms with Gasteiger partial charge in [0.1, 0.15) is 17.9 Å². The van der Waals surface area contributed by atoms with Crippen molar-refractivity contribution in [1.82, 2.24) is 26.6 Å². The predicted molar refractivity (Wildman–Crippen MR) is 147 cm³/mol. The smallest absolute Gasteiger partial charge is 0.326 e. The van der Waals surface area contributed by atoms with Crippen molar-refractivity contribution >= 4 is 47.3 Å². The van der Waals surface area contributed by atoms with E-state index < -0.39 is 66.6 Å². The maximum absolute atomic E-state index is 12.4. The number of carbonyl (C=O) groups excluding carboxylic acids is 5. The molecule has 0 unspecified atom stereocenters. The van der Waals surface area contributed by atoms with E-state index in [9.17, 15) is 43.5 Å². The van der Waals surface area contributed by atoms with Crippen molar-refractivity contribution < 1.29 is 53.7 Å². The Balaban J connectivity index is 4.69. The maximum atomic E-state index is 12.4. The van der Waals surface area contributed by atoms with Gasteiger partial charge in [-0.15, -0.1) is 0 Å². The van der Waals surface area contributed by atoms with E-state index in [4.69, 9.17) is 10.2 Å². The normalized spacial score (nSPS) is 13.5. The van der Waals surface area contributed by atoms with Crippen LogP contribution in [0.4, 0.5) is 0 Å². The number of likely N-dealkylation sites (N-methyl/N-ethyl adjacent to an activating group) is 1. The highest BCUT2D eigenvalue weighted by Crippen LogP contribution is 2.07. The van der Waals surface area contributed by atoms with Crippen LogP contribution in [0.2, 0.25) is 0 Å². The summed E-state index contributed by atoms with van der Waals surface area (Å²) in [6, 6.07) is -3.95. The largest absolute Gasteiger partial charge is 0.481 e. The number of carboxylic acid groups (broad SMARTS) is 3. The van der Waals surface area contributed by atoms with Crippen LogP contribution in [0, 0.1) is 0 Å². The fourth-order valence-corrected chi connectivity index (χ4v) is 3.96. The summed E-state index contributed by atoms with van der Waals surface area (Å²) >= 11 is 0. The van der Waals surface area contributed by atoms with E-state index in [-0.39, 0.29) is 49.8 Å². The number of hydrogen-bond donors (Lipinski definition) is 8. The number of carboxylic acids is 3. The number of unbranched alkanes of at least 4 members (excludes halogenated alkanes) is 1. The van der Waals surface area contributed by atoms with Crippen molar-refractivity contribution in [3.05, 3.63) is 0 Å². The second-order valence-corrected chi connectivity index (χ2v) is 9.83. The number of carbonyl (C=O) groups is 8. The second kappa shape index (κ2) is 20.7. The average Bonchev–Trinajstić information content (AvgIpc) is 2.88. The zero-order valence-corrected chi connectivity index (χ0v) is 24.2. The lowest BCUT2D eigenvalue weighted by molar-refractivity contribution is -0.143. The molecule has 0 aromatic rings. The first-order valence-corrected chi connectivity index (χ1v) is 13.6. The Kier molecular flexibility index (Phi) is 18.7. The van der Waals surface area contributed by atoms with Crippen LogP contribution < -0.4 is 26.6 Å². The van der Waals surface area contributed by atoms with Crippen molar-refractivity contribution in [1.29, 1.82) is 0 Å². The highest BCUT2D eigenvalue weighted by Gasteiger charge is 2.25. The standard InChI is InChI=1S/C26H43N5O11/c1-15(32)18(27-3)6-4-5-13-28-21(34)10-7-17(14-24(37)38)30-22(35)11-9-20(26(41)42)31-23(36)12-8-19(25(39)40)29-16(2)33/h17-20,27H,4-14H2,1-3H3,(H,28,34)(H,29,33)(H,30,35)(H,31,36)(H,37,38)(H,39,40)(H,41,42)/t17-,18-,19-,20-/m0/s1. The van der Waals surface area contributed by atoms with Gasteiger partial charge in [-0.2, -0.15) is 0 Å². The van der Waals surface area contributed by atoms with Gasteiger partial charge in [0.05, 0.1) is 12.5 Å². The summed E-state index contributed by atoms with van der Waals surface area (Å²) < 4.78 is 0. The van der Waals surface area contributed by atoms with Gasteiger partial charge in [0.2, 0.25) is 23.6 Å². The first-order valence-electron chi connectivity index (χ1n) is 13.6. The Bertz CT molecular complexity index is 972. The monoisotopic (exact) mass is 601 g/mol. The van der Waals surface area contributed by atoms with E-state index in [2.05, 4.69) is 26.6 Å². The second-order valence-electron chi connectivity index (χ2n) is 9.83. The maximum Gasteiger partial charge on any atom is 0.326 e. The van der Waals surface area contributed by atoms with Crippen molar-refractivity contribution in [2.45, 2.75) is 102 Å². The highest BCUT2D eigenvalue weighted by atomic mass is 16.4. The molecule has 4 atom stereocenters. The summed E-state index contributed by atoms with van der Waals surface area (Å²) in [6.45, 7) is 2.98. The van der Waals surface area contributed by atoms with Crippen LogP contribution >= 0.6 is 0 Å². The number of rotatable bonds is 23. The van der Waals surface area contributed by atoms with Crippen LogP contribution in [0.5, 0.6) is 0 Å². The lowest BCUT2D eigenvalue weighted by atomic mass is 10.1. The molecule has 4 amide bonds. The molecule has 0 radical (unpaired) electrons. The van der Waals surface area contributed by atoms with Crippen molar-refractivity contribution in [2.24, 2.45) is 0 Å². The molecule has 0 fully saturated rings. The van der Waals surface area contributed by atoms with E-state index in [0.717, 1.165) is 6.92 Å². The Morgan fingerprint density at radius 1 is 0.619 bits per heavy atom. The molecule has 0 saturated heterocycles. The zero-order chi connectivity index (χ0) is 32.2. The average molecular weight is 602 g/mol. The fourth-order valence-electron chi connectivity index (χ4n) is 3.96. The molecule has 8 N–H and O–H groups in total. The van der Waals surface area contributed by atoms with Gasteiger partial charge in [-0.25, -0.2) is 9.59 Å². The molecule has 0 saturated carbocycles. The predicted octanol–water partition coefficient (Wildman–Crippen LogP) is -1.09. The molecule has 0 aromatic heterocycles. The van der Waals surface area contributed by atoms with E-state index in [1.165, 1.54) is 6.92 Å². The van der Waals surface area contributed by atoms with Crippen LogP contribution in [-0.2, 0) is 38.4 Å². The number of aliphatic carboxylic acids is 3. The van der Waals surface area contributed by atoms with Gasteiger partial charge >= 0.3 is 17.9 Å². The van der Waals surface area contributed by atoms with Crippen molar-refractivity contribution in [2.75, 3.05) is 13.6 Å². The van der Waals surface area contributed by atoms with Gasteiger partial charge in [-0.3, -0.25) is 28.8 Å². The number of hydrogen-bond acceptors (Lipinski definition) is 9. The number of amides is 4. The topological polar surface area (TPSA) is 257 Å². The Hall–Kier alpha value is -4.08. The van der Waals surface area contributed by atoms with Crippen LogP contribution in [0.3, 0.4) is 0 Å². The molecular weight excluding hydrogens is 558 g/mol. The van der Waals surface area contributed by atoms with Crippen LogP contribution in [0.1, 0.15) is 78.1 Å². The summed E-state index contributed by atoms with van der Waals surface area (Å²) in [7, 11) is 1.70. The molecule has 0 rings (SSSR count). The lowest BCUT2D eigenvalue weighted by Crippen LogP contribution is -2.44. The van der Waals surface area contributed by atoms with Gasteiger partial charge in [-0.1, -0.05) is 0 Å². The number of ketones is 1. The number of Topliss-reactive ketones (excluding diaryl/α,β-unsaturated/α-hetero) is 1. The molecule has 0 aliphatic rings. The van der Waals surface area contributed by atoms with E-state index in [0.29, 0.717) is 25.8 Å². The van der Waals surface area contributed by atoms with Crippen molar-refractivity contribution in [3.8, 4) is 0 Å². The summed E-state index contributed by atoms with van der Waals surface area (Å²) in [5.74, 6) is -6.40. The van der Waals surface area contributed by atoms with Gasteiger partial charge < -0.3 is 41.9 Å². The first-order chi connectivity index (χ1) is 19.7. The first kappa shape index (κ1) is 37.9. The SMILES string of the molecule is CN[C@@H](CCCCNC(=O)CC[C@@H](CC(=O)O)NC(=O)CC[C@H](NC(=O)CC[C@H](NC(C)=O)C(=O)O)C(=O)O)C(C)=O. The summed E-state index contributed by atoms with van der Waals surface area (Å²) in [5.41, 5.74) is 0. The molecule has 0 aromatic carbocycles. The third-order valence-corrected chi connectivity index (χ3v) is 6.22. The van der Waals surface area contributed by atoms with Crippen molar-refractivity contribution in [3.63, 3.8) is 0 Å². The molecule has 0 spiro atoms. The molecule has 0 aliphatic heterocycles. The third kappa shape index (κ3) is 18.3. The minimum Gasteiger partial charge on any atom is -0.481 e. The summed E-state index contributed by atoms with van der Waals surface area (Å²) in [4.78, 5) is 93.2. The summed E-state index contributed by atoms with van der Waals surface area (Å²) in [6.07, 6.45) is 0.0841.